The molecule has 10 heteroatoms. The summed E-state index contributed by atoms with van der Waals surface area (Å²) in [5.41, 5.74) is 0.0407. The molecule has 0 spiro atoms. The van der Waals surface area contributed by atoms with E-state index in [0.717, 1.165) is 0 Å². The van der Waals surface area contributed by atoms with Crippen molar-refractivity contribution in [2.75, 3.05) is 20.1 Å². The van der Waals surface area contributed by atoms with Crippen molar-refractivity contribution in [2.45, 2.75) is 18.2 Å². The van der Waals surface area contributed by atoms with Crippen molar-refractivity contribution in [1.82, 2.24) is 10.0 Å². The number of aryl methyl sites for hydroxylation is 1. The van der Waals surface area contributed by atoms with Crippen molar-refractivity contribution in [2.24, 2.45) is 0 Å². The summed E-state index contributed by atoms with van der Waals surface area (Å²) in [5, 5.41) is 13.4. The minimum Gasteiger partial charge on any atom is -0.320 e. The van der Waals surface area contributed by atoms with Gasteiger partial charge in [-0.25, -0.2) is 13.1 Å². The monoisotopic (exact) mass is 357 g/mol. The number of benzene rings is 1. The molecule has 0 bridgehead atoms. The van der Waals surface area contributed by atoms with Gasteiger partial charge in [0.05, 0.1) is 4.92 Å². The van der Waals surface area contributed by atoms with E-state index in [4.69, 9.17) is 11.6 Å². The molecule has 0 saturated heterocycles. The molecule has 21 heavy (non-hydrogen) atoms. The molecule has 0 aliphatic carbocycles. The SMILES string of the molecule is CNCCCNS(=O)(=O)c1cc(C)cc([N+](=O)[O-])c1Cl.Cl. The Kier molecular flexibility index (Phi) is 8.12. The third kappa shape index (κ3) is 5.40. The highest BCUT2D eigenvalue weighted by molar-refractivity contribution is 7.89. The van der Waals surface area contributed by atoms with Gasteiger partial charge in [-0.2, -0.15) is 0 Å². The average Bonchev–Trinajstić information content (AvgIpc) is 2.36. The zero-order valence-corrected chi connectivity index (χ0v) is 13.9. The normalized spacial score (nSPS) is 11.0. The highest BCUT2D eigenvalue weighted by Gasteiger charge is 2.25. The molecule has 0 aliphatic rings. The second-order valence-corrected chi connectivity index (χ2v) is 6.32. The molecule has 0 atom stereocenters. The van der Waals surface area contributed by atoms with Gasteiger partial charge in [0.2, 0.25) is 10.0 Å². The predicted octanol–water partition coefficient (Wildman–Crippen LogP) is 1.87. The summed E-state index contributed by atoms with van der Waals surface area (Å²) in [6, 6.07) is 2.55. The van der Waals surface area contributed by atoms with Crippen LogP contribution in [0.15, 0.2) is 17.0 Å². The van der Waals surface area contributed by atoms with Crippen LogP contribution in [0.3, 0.4) is 0 Å². The summed E-state index contributed by atoms with van der Waals surface area (Å²) >= 11 is 5.83. The van der Waals surface area contributed by atoms with Crippen LogP contribution in [-0.2, 0) is 10.0 Å². The quantitative estimate of drug-likeness (QED) is 0.440. The second-order valence-electron chi connectivity index (χ2n) is 4.21. The molecular formula is C11H17Cl2N3O4S. The summed E-state index contributed by atoms with van der Waals surface area (Å²) in [5.74, 6) is 0. The molecule has 0 heterocycles. The van der Waals surface area contributed by atoms with E-state index in [9.17, 15) is 18.5 Å². The Morgan fingerprint density at radius 2 is 1.95 bits per heavy atom. The lowest BCUT2D eigenvalue weighted by Crippen LogP contribution is -2.27. The van der Waals surface area contributed by atoms with Gasteiger partial charge in [-0.1, -0.05) is 11.6 Å². The third-order valence-electron chi connectivity index (χ3n) is 2.55. The Morgan fingerprint density at radius 3 is 2.48 bits per heavy atom. The van der Waals surface area contributed by atoms with Gasteiger partial charge in [0.15, 0.2) is 0 Å². The standard InChI is InChI=1S/C11H16ClN3O4S.ClH/c1-8-6-9(15(16)17)11(12)10(7-8)20(18,19)14-5-3-4-13-2;/h6-7,13-14H,3-5H2,1-2H3;1H. The fourth-order valence-corrected chi connectivity index (χ4v) is 3.33. The highest BCUT2D eigenvalue weighted by atomic mass is 35.5. The van der Waals surface area contributed by atoms with Crippen molar-refractivity contribution in [3.63, 3.8) is 0 Å². The van der Waals surface area contributed by atoms with E-state index >= 15 is 0 Å². The Hall–Kier alpha value is -0.930. The molecule has 0 aliphatic heterocycles. The van der Waals surface area contributed by atoms with Crippen molar-refractivity contribution < 1.29 is 13.3 Å². The molecule has 0 unspecified atom stereocenters. The van der Waals surface area contributed by atoms with Gasteiger partial charge in [-0.15, -0.1) is 12.4 Å². The molecule has 1 rings (SSSR count). The number of nitro benzene ring substituents is 1. The minimum atomic E-state index is -3.86. The first-order valence-electron chi connectivity index (χ1n) is 5.88. The number of nitro groups is 1. The lowest BCUT2D eigenvalue weighted by atomic mass is 10.2. The number of halogens is 2. The van der Waals surface area contributed by atoms with Crippen LogP contribution >= 0.6 is 24.0 Å². The second kappa shape index (κ2) is 8.50. The van der Waals surface area contributed by atoms with Gasteiger partial charge in [0.1, 0.15) is 9.92 Å². The maximum atomic E-state index is 12.1. The van der Waals surface area contributed by atoms with Gasteiger partial charge in [0, 0.05) is 12.6 Å². The van der Waals surface area contributed by atoms with Crippen molar-refractivity contribution in [1.29, 1.82) is 0 Å². The Labute approximate surface area is 134 Å². The van der Waals surface area contributed by atoms with E-state index < -0.39 is 20.6 Å². The number of nitrogens with zero attached hydrogens (tertiary/aromatic N) is 1. The van der Waals surface area contributed by atoms with Crippen LogP contribution in [0.2, 0.25) is 5.02 Å². The number of hydrogen-bond donors (Lipinski definition) is 2. The maximum absolute atomic E-state index is 12.1. The van der Waals surface area contributed by atoms with E-state index in [1.54, 1.807) is 14.0 Å². The fraction of sp³-hybridized carbons (Fsp3) is 0.455. The van der Waals surface area contributed by atoms with Crippen LogP contribution in [0.5, 0.6) is 0 Å². The van der Waals surface area contributed by atoms with Gasteiger partial charge in [0.25, 0.3) is 5.69 Å². The first kappa shape index (κ1) is 20.1. The zero-order valence-electron chi connectivity index (χ0n) is 11.6. The third-order valence-corrected chi connectivity index (χ3v) is 4.54. The van der Waals surface area contributed by atoms with Gasteiger partial charge < -0.3 is 5.32 Å². The fourth-order valence-electron chi connectivity index (χ4n) is 1.59. The summed E-state index contributed by atoms with van der Waals surface area (Å²) in [6.07, 6.45) is 0.598. The molecule has 1 aromatic rings. The van der Waals surface area contributed by atoms with Crippen molar-refractivity contribution in [3.8, 4) is 0 Å². The largest absolute Gasteiger partial charge is 0.320 e. The van der Waals surface area contributed by atoms with E-state index in [-0.39, 0.29) is 28.9 Å². The van der Waals surface area contributed by atoms with Crippen LogP contribution in [-0.4, -0.2) is 33.5 Å². The van der Waals surface area contributed by atoms with E-state index in [1.807, 2.05) is 0 Å². The van der Waals surface area contributed by atoms with Gasteiger partial charge >= 0.3 is 0 Å². The van der Waals surface area contributed by atoms with Crippen LogP contribution in [0.4, 0.5) is 5.69 Å². The van der Waals surface area contributed by atoms with Crippen LogP contribution in [0.25, 0.3) is 0 Å². The molecule has 0 amide bonds. The molecule has 0 saturated carbocycles. The lowest BCUT2D eigenvalue weighted by Gasteiger charge is -2.09. The summed E-state index contributed by atoms with van der Waals surface area (Å²) in [6.45, 7) is 2.45. The molecule has 0 radical (unpaired) electrons. The Bertz CT molecular complexity index is 608. The summed E-state index contributed by atoms with van der Waals surface area (Å²) in [7, 11) is -2.10. The van der Waals surface area contributed by atoms with Crippen LogP contribution in [0.1, 0.15) is 12.0 Å². The Balaban J connectivity index is 0.00000400. The first-order chi connectivity index (χ1) is 9.29. The zero-order chi connectivity index (χ0) is 15.3. The first-order valence-corrected chi connectivity index (χ1v) is 7.74. The lowest BCUT2D eigenvalue weighted by molar-refractivity contribution is -0.385. The smallest absolute Gasteiger partial charge is 0.289 e. The molecule has 1 aromatic carbocycles. The molecule has 0 aromatic heterocycles. The van der Waals surface area contributed by atoms with Crippen LogP contribution < -0.4 is 10.0 Å². The van der Waals surface area contributed by atoms with E-state index in [2.05, 4.69) is 10.0 Å². The Morgan fingerprint density at radius 1 is 1.33 bits per heavy atom. The van der Waals surface area contributed by atoms with Gasteiger partial charge in [-0.3, -0.25) is 10.1 Å². The molecule has 7 nitrogen and oxygen atoms in total. The maximum Gasteiger partial charge on any atom is 0.289 e. The highest BCUT2D eigenvalue weighted by Crippen LogP contribution is 2.32. The van der Waals surface area contributed by atoms with Gasteiger partial charge in [-0.05, 0) is 38.6 Å². The molecule has 2 N–H and O–H groups in total. The average molecular weight is 358 g/mol. The van der Waals surface area contributed by atoms with E-state index in [0.29, 0.717) is 18.5 Å². The molecule has 0 fully saturated rings. The number of sulfonamides is 1. The van der Waals surface area contributed by atoms with Crippen molar-refractivity contribution >= 4 is 39.7 Å². The number of nitrogens with one attached hydrogen (secondary N) is 2. The minimum absolute atomic E-state index is 0. The van der Waals surface area contributed by atoms with Crippen LogP contribution in [0, 0.1) is 17.0 Å². The summed E-state index contributed by atoms with van der Waals surface area (Å²) in [4.78, 5) is 9.88. The molecular weight excluding hydrogens is 341 g/mol. The van der Waals surface area contributed by atoms with E-state index in [1.165, 1.54) is 12.1 Å². The summed E-state index contributed by atoms with van der Waals surface area (Å²) < 4.78 is 26.6. The molecule has 120 valence electrons. The predicted molar refractivity (Wildman–Crippen MR) is 83.8 cm³/mol. The van der Waals surface area contributed by atoms with Crippen molar-refractivity contribution in [3.05, 3.63) is 32.8 Å². The topological polar surface area (TPSA) is 101 Å². The number of hydrogen-bond acceptors (Lipinski definition) is 5. The number of rotatable bonds is 7.